The van der Waals surface area contributed by atoms with E-state index in [9.17, 15) is 9.00 Å². The fourth-order valence-corrected chi connectivity index (χ4v) is 7.81. The van der Waals surface area contributed by atoms with Gasteiger partial charge in [0.15, 0.2) is 5.16 Å². The number of anilines is 2. The van der Waals surface area contributed by atoms with E-state index in [0.717, 1.165) is 76.3 Å². The van der Waals surface area contributed by atoms with Gasteiger partial charge in [-0.2, -0.15) is 0 Å². The van der Waals surface area contributed by atoms with Crippen molar-refractivity contribution in [2.45, 2.75) is 50.1 Å². The van der Waals surface area contributed by atoms with Crippen LogP contribution in [0.15, 0.2) is 94.7 Å². The molecule has 49 heavy (non-hydrogen) atoms. The molecule has 1 atom stereocenters. The molecule has 2 heterocycles. The average molecular weight is 701 g/mol. The maximum atomic E-state index is 13.6. The number of fused-ring (bicyclic) bond motifs is 1. The molecule has 3 aromatic carbocycles. The number of rotatable bonds is 17. The lowest BCUT2D eigenvalue weighted by molar-refractivity contribution is -0.112. The first kappa shape index (κ1) is 36.4. The largest absolute Gasteiger partial charge is 0.491 e. The van der Waals surface area contributed by atoms with Gasteiger partial charge in [-0.3, -0.25) is 9.00 Å². The zero-order chi connectivity index (χ0) is 34.6. The van der Waals surface area contributed by atoms with Gasteiger partial charge in [-0.1, -0.05) is 57.2 Å². The first-order valence-electron chi connectivity index (χ1n) is 17.1. The molecule has 0 saturated heterocycles. The van der Waals surface area contributed by atoms with Crippen LogP contribution in [0.25, 0.3) is 17.2 Å². The fourth-order valence-electron chi connectivity index (χ4n) is 5.61. The number of amides is 1. The standard InChI is InChI=1S/C39H48N4O4S2/c1-5-6-21-46-22-23-47-35-12-7-30(8-13-35)31-9-16-37-33(26-31)27-32(17-19-43(37)28-29(2)3)38(44)41-34-10-14-36(15-11-34)49(45)25-24-48-39-40-18-20-42(39)4/h7-16,18,20,26-27,29H,5-6,17,19,21-25,28H2,1-4H3,(H,41,44). The molecule has 1 unspecified atom stereocenters. The Kier molecular flexibility index (Phi) is 13.5. The summed E-state index contributed by atoms with van der Waals surface area (Å²) in [6.45, 7) is 10.1. The van der Waals surface area contributed by atoms with Crippen molar-refractivity contribution in [2.75, 3.05) is 54.6 Å². The van der Waals surface area contributed by atoms with Gasteiger partial charge in [0.25, 0.3) is 5.91 Å². The van der Waals surface area contributed by atoms with Crippen LogP contribution in [0.2, 0.25) is 0 Å². The minimum Gasteiger partial charge on any atom is -0.491 e. The van der Waals surface area contributed by atoms with Crippen molar-refractivity contribution in [3.05, 3.63) is 90.3 Å². The molecular weight excluding hydrogens is 653 g/mol. The van der Waals surface area contributed by atoms with Crippen LogP contribution in [0.3, 0.4) is 0 Å². The zero-order valence-corrected chi connectivity index (χ0v) is 30.7. The third-order valence-corrected chi connectivity index (χ3v) is 10.9. The zero-order valence-electron chi connectivity index (χ0n) is 29.0. The second-order valence-electron chi connectivity index (χ2n) is 12.6. The monoisotopic (exact) mass is 700 g/mol. The maximum absolute atomic E-state index is 13.6. The third-order valence-electron chi connectivity index (χ3n) is 8.20. The Morgan fingerprint density at radius 3 is 2.51 bits per heavy atom. The molecule has 4 aromatic rings. The molecule has 8 nitrogen and oxygen atoms in total. The number of hydrogen-bond donors (Lipinski definition) is 1. The van der Waals surface area contributed by atoms with Gasteiger partial charge in [0.1, 0.15) is 12.4 Å². The molecule has 1 aromatic heterocycles. The van der Waals surface area contributed by atoms with Crippen molar-refractivity contribution in [3.63, 3.8) is 0 Å². The topological polar surface area (TPSA) is 85.7 Å². The second kappa shape index (κ2) is 18.2. The Bertz CT molecular complexity index is 1720. The quantitative estimate of drug-likeness (QED) is 0.0881. The van der Waals surface area contributed by atoms with Crippen LogP contribution < -0.4 is 15.0 Å². The van der Waals surface area contributed by atoms with Crippen LogP contribution in [-0.4, -0.2) is 64.1 Å². The highest BCUT2D eigenvalue weighted by molar-refractivity contribution is 8.00. The molecule has 1 aliphatic heterocycles. The van der Waals surface area contributed by atoms with Crippen molar-refractivity contribution in [1.29, 1.82) is 0 Å². The van der Waals surface area contributed by atoms with E-state index in [1.54, 1.807) is 18.0 Å². The smallest absolute Gasteiger partial charge is 0.251 e. The van der Waals surface area contributed by atoms with Gasteiger partial charge in [-0.25, -0.2) is 4.98 Å². The summed E-state index contributed by atoms with van der Waals surface area (Å²) in [6.07, 6.45) is 8.52. The molecule has 1 N–H and O–H groups in total. The highest BCUT2D eigenvalue weighted by atomic mass is 32.2. The Morgan fingerprint density at radius 2 is 1.80 bits per heavy atom. The number of aromatic nitrogens is 2. The van der Waals surface area contributed by atoms with Crippen molar-refractivity contribution in [2.24, 2.45) is 13.0 Å². The number of carbonyl (C=O) groups excluding carboxylic acids is 1. The molecule has 0 saturated carbocycles. The van der Waals surface area contributed by atoms with Crippen LogP contribution in [0, 0.1) is 5.92 Å². The molecule has 0 radical (unpaired) electrons. The van der Waals surface area contributed by atoms with Crippen LogP contribution in [0.1, 0.15) is 45.6 Å². The van der Waals surface area contributed by atoms with Gasteiger partial charge in [-0.05, 0) is 90.1 Å². The normalized spacial score (nSPS) is 13.5. The summed E-state index contributed by atoms with van der Waals surface area (Å²) >= 11 is 1.59. The van der Waals surface area contributed by atoms with E-state index in [1.165, 1.54) is 0 Å². The van der Waals surface area contributed by atoms with Gasteiger partial charge >= 0.3 is 0 Å². The predicted octanol–water partition coefficient (Wildman–Crippen LogP) is 8.07. The summed E-state index contributed by atoms with van der Waals surface area (Å²) in [5, 5.41) is 3.99. The number of aryl methyl sites for hydroxylation is 1. The van der Waals surface area contributed by atoms with Crippen molar-refractivity contribution < 1.29 is 18.5 Å². The molecule has 0 spiro atoms. The van der Waals surface area contributed by atoms with E-state index in [4.69, 9.17) is 9.47 Å². The average Bonchev–Trinajstić information content (AvgIpc) is 3.42. The number of benzene rings is 3. The molecule has 0 aliphatic carbocycles. The van der Waals surface area contributed by atoms with Crippen molar-refractivity contribution in [3.8, 4) is 16.9 Å². The minimum absolute atomic E-state index is 0.122. The van der Waals surface area contributed by atoms with Gasteiger partial charge in [0, 0.05) is 72.5 Å². The highest BCUT2D eigenvalue weighted by Gasteiger charge is 2.21. The SMILES string of the molecule is CCCCOCCOc1ccc(-c2ccc3c(c2)C=C(C(=O)Nc2ccc(S(=O)CCSc4nccn4C)cc2)CCN3CC(C)C)cc1. The molecule has 260 valence electrons. The number of thioether (sulfide) groups is 1. The number of ether oxygens (including phenoxy) is 2. The van der Waals surface area contributed by atoms with E-state index < -0.39 is 10.8 Å². The minimum atomic E-state index is -1.14. The van der Waals surface area contributed by atoms with E-state index in [2.05, 4.69) is 66.3 Å². The molecule has 0 bridgehead atoms. The summed E-state index contributed by atoms with van der Waals surface area (Å²) in [5.74, 6) is 2.40. The van der Waals surface area contributed by atoms with Crippen molar-refractivity contribution in [1.82, 2.24) is 9.55 Å². The van der Waals surface area contributed by atoms with Gasteiger partial charge in [0.2, 0.25) is 0 Å². The maximum Gasteiger partial charge on any atom is 0.251 e. The first-order valence-corrected chi connectivity index (χ1v) is 19.4. The number of imidazole rings is 1. The molecule has 0 fully saturated rings. The summed E-state index contributed by atoms with van der Waals surface area (Å²) < 4.78 is 26.3. The van der Waals surface area contributed by atoms with Crippen molar-refractivity contribution >= 4 is 45.9 Å². The molecule has 1 aliphatic rings. The van der Waals surface area contributed by atoms with Crippen LogP contribution in [-0.2, 0) is 27.4 Å². The van der Waals surface area contributed by atoms with Crippen LogP contribution >= 0.6 is 11.8 Å². The fraction of sp³-hybridized carbons (Fsp3) is 0.385. The molecular formula is C39H48N4O4S2. The summed E-state index contributed by atoms with van der Waals surface area (Å²) in [5.41, 5.74) is 5.74. The number of nitrogens with one attached hydrogen (secondary N) is 1. The first-order chi connectivity index (χ1) is 23.8. The van der Waals surface area contributed by atoms with Gasteiger partial charge in [-0.15, -0.1) is 0 Å². The highest BCUT2D eigenvalue weighted by Crippen LogP contribution is 2.34. The third kappa shape index (κ3) is 10.6. The van der Waals surface area contributed by atoms with Crippen LogP contribution in [0.4, 0.5) is 11.4 Å². The van der Waals surface area contributed by atoms with E-state index in [1.807, 2.05) is 60.3 Å². The number of unbranched alkanes of at least 4 members (excludes halogenated alkanes) is 1. The Hall–Kier alpha value is -3.86. The lowest BCUT2D eigenvalue weighted by Crippen LogP contribution is -2.29. The van der Waals surface area contributed by atoms with Crippen LogP contribution in [0.5, 0.6) is 5.75 Å². The number of nitrogens with zero attached hydrogens (tertiary/aromatic N) is 3. The van der Waals surface area contributed by atoms with Gasteiger partial charge in [0.05, 0.1) is 17.4 Å². The Balaban J connectivity index is 1.24. The lowest BCUT2D eigenvalue weighted by atomic mass is 10.00. The van der Waals surface area contributed by atoms with Gasteiger partial charge < -0.3 is 24.3 Å². The number of hydrogen-bond acceptors (Lipinski definition) is 7. The van der Waals surface area contributed by atoms with E-state index in [0.29, 0.717) is 42.7 Å². The summed E-state index contributed by atoms with van der Waals surface area (Å²) in [6, 6.07) is 22.0. The van der Waals surface area contributed by atoms with E-state index >= 15 is 0 Å². The Morgan fingerprint density at radius 1 is 1.02 bits per heavy atom. The second-order valence-corrected chi connectivity index (χ2v) is 15.2. The lowest BCUT2D eigenvalue weighted by Gasteiger charge is -2.27. The molecule has 10 heteroatoms. The Labute approximate surface area is 297 Å². The summed E-state index contributed by atoms with van der Waals surface area (Å²) in [7, 11) is 0.815. The predicted molar refractivity (Wildman–Crippen MR) is 203 cm³/mol. The van der Waals surface area contributed by atoms with E-state index in [-0.39, 0.29) is 5.91 Å². The summed E-state index contributed by atoms with van der Waals surface area (Å²) in [4.78, 5) is 21.1. The molecule has 5 rings (SSSR count). The number of carbonyl (C=O) groups is 1. The molecule has 1 amide bonds.